The van der Waals surface area contributed by atoms with Gasteiger partial charge in [0.2, 0.25) is 0 Å². The molecule has 60 valence electrons. The summed E-state index contributed by atoms with van der Waals surface area (Å²) in [6.07, 6.45) is 19.5. The summed E-state index contributed by atoms with van der Waals surface area (Å²) in [5.41, 5.74) is 0. The normalized spacial score (nSPS) is 19.6. The molecular formula is C11H16. The predicted molar refractivity (Wildman–Crippen MR) is 50.5 cm³/mol. The third-order valence-corrected chi connectivity index (χ3v) is 1.81. The average Bonchev–Trinajstić information content (AvgIpc) is 2.64. The van der Waals surface area contributed by atoms with E-state index in [1.165, 1.54) is 25.7 Å². The molecular weight excluding hydrogens is 132 g/mol. The van der Waals surface area contributed by atoms with E-state index in [1.54, 1.807) is 0 Å². The zero-order valence-electron chi connectivity index (χ0n) is 7.00. The molecule has 0 unspecified atom stereocenters. The van der Waals surface area contributed by atoms with E-state index in [0.29, 0.717) is 0 Å². The van der Waals surface area contributed by atoms with Gasteiger partial charge in [-0.1, -0.05) is 36.5 Å². The lowest BCUT2D eigenvalue weighted by atomic mass is 10.1. The van der Waals surface area contributed by atoms with E-state index in [2.05, 4.69) is 36.5 Å². The van der Waals surface area contributed by atoms with Crippen molar-refractivity contribution in [3.8, 4) is 0 Å². The second-order valence-electron chi connectivity index (χ2n) is 2.85. The predicted octanol–water partition coefficient (Wildman–Crippen LogP) is 3.62. The lowest BCUT2D eigenvalue weighted by Crippen LogP contribution is -1.77. The second-order valence-corrected chi connectivity index (χ2v) is 2.85. The molecule has 0 heterocycles. The molecule has 11 heavy (non-hydrogen) atoms. The van der Waals surface area contributed by atoms with E-state index in [-0.39, 0.29) is 0 Å². The van der Waals surface area contributed by atoms with E-state index in [4.69, 9.17) is 0 Å². The number of allylic oxidation sites excluding steroid dienone is 6. The highest BCUT2D eigenvalue weighted by Crippen LogP contribution is 2.07. The molecule has 0 nitrogen and oxygen atoms in total. The average molecular weight is 148 g/mol. The molecule has 0 saturated heterocycles. The van der Waals surface area contributed by atoms with Crippen molar-refractivity contribution in [2.75, 3.05) is 0 Å². The van der Waals surface area contributed by atoms with Gasteiger partial charge < -0.3 is 0 Å². The second kappa shape index (κ2) is 5.96. The highest BCUT2D eigenvalue weighted by Gasteiger charge is 1.87. The Labute approximate surface area is 69.3 Å². The molecule has 2 aliphatic carbocycles. The minimum atomic E-state index is 1.14. The van der Waals surface area contributed by atoms with Crippen molar-refractivity contribution >= 4 is 0 Å². The van der Waals surface area contributed by atoms with Crippen LogP contribution in [0.4, 0.5) is 0 Å². The molecule has 0 amide bonds. The van der Waals surface area contributed by atoms with Gasteiger partial charge in [0.05, 0.1) is 0 Å². The molecule has 0 aromatic rings. The van der Waals surface area contributed by atoms with Crippen LogP contribution in [0.25, 0.3) is 0 Å². The van der Waals surface area contributed by atoms with Crippen LogP contribution in [-0.4, -0.2) is 0 Å². The summed E-state index contributed by atoms with van der Waals surface area (Å²) < 4.78 is 0. The quantitative estimate of drug-likeness (QED) is 0.460. The first-order chi connectivity index (χ1) is 5.50. The number of hydrogen-bond donors (Lipinski definition) is 0. The largest absolute Gasteiger partial charge is 0.0885 e. The minimum absolute atomic E-state index is 1.14. The summed E-state index contributed by atoms with van der Waals surface area (Å²) >= 11 is 0. The van der Waals surface area contributed by atoms with Gasteiger partial charge in [-0.15, -0.1) is 0 Å². The molecule has 0 radical (unpaired) electrons. The van der Waals surface area contributed by atoms with Gasteiger partial charge in [0, 0.05) is 0 Å². The zero-order chi connectivity index (χ0) is 7.78. The van der Waals surface area contributed by atoms with Crippen LogP contribution in [0, 0.1) is 0 Å². The molecule has 0 N–H and O–H groups in total. The maximum absolute atomic E-state index is 2.27. The first kappa shape index (κ1) is 8.32. The Bertz CT molecular complexity index is 143. The third kappa shape index (κ3) is 4.60. The maximum atomic E-state index is 2.27. The fraction of sp³-hybridized carbons (Fsp3) is 0.455. The van der Waals surface area contributed by atoms with Gasteiger partial charge in [0.25, 0.3) is 0 Å². The van der Waals surface area contributed by atoms with Crippen LogP contribution >= 0.6 is 0 Å². The summed E-state index contributed by atoms with van der Waals surface area (Å²) in [5.74, 6) is 0. The lowest BCUT2D eigenvalue weighted by molar-refractivity contribution is 0.730. The molecule has 2 aliphatic rings. The Hall–Kier alpha value is -0.780. The van der Waals surface area contributed by atoms with Gasteiger partial charge in [-0.3, -0.25) is 0 Å². The van der Waals surface area contributed by atoms with Gasteiger partial charge >= 0.3 is 0 Å². The van der Waals surface area contributed by atoms with E-state index in [0.717, 1.165) is 6.42 Å². The Kier molecular flexibility index (Phi) is 4.51. The van der Waals surface area contributed by atoms with E-state index in [9.17, 15) is 0 Å². The summed E-state index contributed by atoms with van der Waals surface area (Å²) in [6, 6.07) is 0. The Morgan fingerprint density at radius 2 is 1.18 bits per heavy atom. The van der Waals surface area contributed by atoms with E-state index < -0.39 is 0 Å². The van der Waals surface area contributed by atoms with Crippen LogP contribution in [0.5, 0.6) is 0 Å². The van der Waals surface area contributed by atoms with Crippen LogP contribution < -0.4 is 0 Å². The van der Waals surface area contributed by atoms with Crippen molar-refractivity contribution < 1.29 is 0 Å². The SMILES string of the molecule is C1=CCC=C1.C1=CCCCC1. The van der Waals surface area contributed by atoms with Crippen molar-refractivity contribution in [3.63, 3.8) is 0 Å². The zero-order valence-corrected chi connectivity index (χ0v) is 7.00. The standard InChI is InChI=1S/C6H10.C5H6/c1-2-4-6-5-3-1;1-2-4-5-3-1/h1-2H,3-6H2;1-4H,5H2. The van der Waals surface area contributed by atoms with Crippen LogP contribution in [0.1, 0.15) is 32.1 Å². The summed E-state index contributed by atoms with van der Waals surface area (Å²) in [6.45, 7) is 0. The van der Waals surface area contributed by atoms with Gasteiger partial charge in [-0.25, -0.2) is 0 Å². The summed E-state index contributed by atoms with van der Waals surface area (Å²) in [5, 5.41) is 0. The smallest absolute Gasteiger partial charge is 0.0163 e. The van der Waals surface area contributed by atoms with Crippen LogP contribution in [-0.2, 0) is 0 Å². The van der Waals surface area contributed by atoms with Crippen molar-refractivity contribution in [2.24, 2.45) is 0 Å². The number of hydrogen-bond acceptors (Lipinski definition) is 0. The lowest BCUT2D eigenvalue weighted by Gasteiger charge is -1.97. The molecule has 0 saturated carbocycles. The summed E-state index contributed by atoms with van der Waals surface area (Å²) in [4.78, 5) is 0. The summed E-state index contributed by atoms with van der Waals surface area (Å²) in [7, 11) is 0. The van der Waals surface area contributed by atoms with Crippen LogP contribution in [0.2, 0.25) is 0 Å². The Morgan fingerprint density at radius 1 is 0.636 bits per heavy atom. The molecule has 0 aliphatic heterocycles. The molecule has 0 spiro atoms. The molecule has 2 rings (SSSR count). The van der Waals surface area contributed by atoms with Crippen molar-refractivity contribution in [3.05, 3.63) is 36.5 Å². The van der Waals surface area contributed by atoms with Crippen molar-refractivity contribution in [1.82, 2.24) is 0 Å². The fourth-order valence-electron chi connectivity index (χ4n) is 1.15. The maximum Gasteiger partial charge on any atom is -0.0163 e. The van der Waals surface area contributed by atoms with Crippen molar-refractivity contribution in [1.29, 1.82) is 0 Å². The first-order valence-corrected chi connectivity index (χ1v) is 4.47. The topological polar surface area (TPSA) is 0 Å². The highest BCUT2D eigenvalue weighted by molar-refractivity contribution is 5.11. The number of rotatable bonds is 0. The first-order valence-electron chi connectivity index (χ1n) is 4.47. The third-order valence-electron chi connectivity index (χ3n) is 1.81. The Balaban J connectivity index is 0.000000112. The minimum Gasteiger partial charge on any atom is -0.0885 e. The van der Waals surface area contributed by atoms with Gasteiger partial charge in [0.15, 0.2) is 0 Å². The Morgan fingerprint density at radius 3 is 1.36 bits per heavy atom. The molecule has 0 heteroatoms. The fourth-order valence-corrected chi connectivity index (χ4v) is 1.15. The van der Waals surface area contributed by atoms with E-state index >= 15 is 0 Å². The van der Waals surface area contributed by atoms with Gasteiger partial charge in [-0.05, 0) is 32.1 Å². The van der Waals surface area contributed by atoms with Crippen LogP contribution in [0.3, 0.4) is 0 Å². The van der Waals surface area contributed by atoms with Crippen molar-refractivity contribution in [2.45, 2.75) is 32.1 Å². The van der Waals surface area contributed by atoms with E-state index in [1.807, 2.05) is 0 Å². The molecule has 0 bridgehead atoms. The molecule has 0 aromatic heterocycles. The van der Waals surface area contributed by atoms with Gasteiger partial charge in [0.1, 0.15) is 0 Å². The van der Waals surface area contributed by atoms with Crippen LogP contribution in [0.15, 0.2) is 36.5 Å². The van der Waals surface area contributed by atoms with Gasteiger partial charge in [-0.2, -0.15) is 0 Å². The monoisotopic (exact) mass is 148 g/mol. The highest BCUT2D eigenvalue weighted by atomic mass is 13.9. The molecule has 0 fully saturated rings. The molecule has 0 atom stereocenters. The molecule has 0 aromatic carbocycles.